The van der Waals surface area contributed by atoms with Gasteiger partial charge in [0.1, 0.15) is 5.75 Å². The van der Waals surface area contributed by atoms with Gasteiger partial charge in [-0.25, -0.2) is 4.79 Å². The summed E-state index contributed by atoms with van der Waals surface area (Å²) < 4.78 is 5.22. The summed E-state index contributed by atoms with van der Waals surface area (Å²) in [5, 5.41) is 0.369. The molecular formula is C14H11ClNO2. The van der Waals surface area contributed by atoms with Gasteiger partial charge in [-0.3, -0.25) is 0 Å². The molecule has 0 amide bonds. The molecule has 0 aliphatic rings. The number of hydrogen-bond donors (Lipinski definition) is 1. The first-order valence-corrected chi connectivity index (χ1v) is 5.76. The lowest BCUT2D eigenvalue weighted by atomic mass is 10.2. The molecule has 0 aliphatic carbocycles. The van der Waals surface area contributed by atoms with E-state index in [-0.39, 0.29) is 6.54 Å². The number of carbonyl (C=O) groups is 1. The fourth-order valence-electron chi connectivity index (χ4n) is 1.47. The second kappa shape index (κ2) is 5.67. The van der Waals surface area contributed by atoms with Gasteiger partial charge in [0.15, 0.2) is 0 Å². The molecule has 0 atom stereocenters. The molecule has 0 bridgehead atoms. The van der Waals surface area contributed by atoms with Crippen LogP contribution in [0, 0.1) is 6.07 Å². The molecule has 4 heteroatoms. The van der Waals surface area contributed by atoms with Crippen molar-refractivity contribution in [3.8, 4) is 5.75 Å². The third kappa shape index (κ3) is 3.09. The van der Waals surface area contributed by atoms with E-state index in [2.05, 4.69) is 6.07 Å². The highest BCUT2D eigenvalue weighted by molar-refractivity contribution is 6.30. The maximum Gasteiger partial charge on any atom is 0.343 e. The maximum atomic E-state index is 11.8. The van der Waals surface area contributed by atoms with Crippen LogP contribution in [0.15, 0.2) is 42.5 Å². The lowest BCUT2D eigenvalue weighted by Crippen LogP contribution is -2.08. The van der Waals surface area contributed by atoms with Crippen LogP contribution >= 0.6 is 11.6 Å². The number of halogens is 1. The van der Waals surface area contributed by atoms with Crippen LogP contribution in [-0.4, -0.2) is 5.97 Å². The van der Waals surface area contributed by atoms with Gasteiger partial charge in [-0.05, 0) is 23.8 Å². The monoisotopic (exact) mass is 260 g/mol. The van der Waals surface area contributed by atoms with Gasteiger partial charge in [0.2, 0.25) is 0 Å². The highest BCUT2D eigenvalue weighted by atomic mass is 35.5. The molecule has 0 heterocycles. The van der Waals surface area contributed by atoms with Crippen molar-refractivity contribution in [1.29, 1.82) is 0 Å². The average molecular weight is 261 g/mol. The van der Waals surface area contributed by atoms with Crippen molar-refractivity contribution in [2.24, 2.45) is 5.73 Å². The van der Waals surface area contributed by atoms with Gasteiger partial charge in [0, 0.05) is 18.7 Å². The molecule has 0 fully saturated rings. The van der Waals surface area contributed by atoms with Crippen LogP contribution in [0.2, 0.25) is 5.02 Å². The van der Waals surface area contributed by atoms with E-state index in [1.165, 1.54) is 6.07 Å². The van der Waals surface area contributed by atoms with Crippen molar-refractivity contribution >= 4 is 17.6 Å². The number of carbonyl (C=O) groups excluding carboxylic acids is 1. The predicted octanol–water partition coefficient (Wildman–Crippen LogP) is 2.82. The number of benzene rings is 2. The Labute approximate surface area is 110 Å². The van der Waals surface area contributed by atoms with E-state index < -0.39 is 5.97 Å². The highest BCUT2D eigenvalue weighted by Gasteiger charge is 2.09. The van der Waals surface area contributed by atoms with E-state index in [1.54, 1.807) is 30.3 Å². The van der Waals surface area contributed by atoms with E-state index in [9.17, 15) is 4.79 Å². The normalized spacial score (nSPS) is 10.1. The predicted molar refractivity (Wildman–Crippen MR) is 69.6 cm³/mol. The second-order valence-corrected chi connectivity index (χ2v) is 4.06. The quantitative estimate of drug-likeness (QED) is 0.682. The molecule has 0 saturated heterocycles. The first-order chi connectivity index (χ1) is 8.69. The molecule has 2 rings (SSSR count). The fourth-order valence-corrected chi connectivity index (χ4v) is 1.70. The first-order valence-electron chi connectivity index (χ1n) is 5.38. The Balaban J connectivity index is 2.19. The molecule has 1 radical (unpaired) electrons. The minimum Gasteiger partial charge on any atom is -0.423 e. The molecule has 2 aromatic carbocycles. The zero-order valence-electron chi connectivity index (χ0n) is 9.52. The fraction of sp³-hybridized carbons (Fsp3) is 0.0714. The molecule has 0 aliphatic heterocycles. The van der Waals surface area contributed by atoms with Crippen LogP contribution in [0.4, 0.5) is 0 Å². The second-order valence-electron chi connectivity index (χ2n) is 3.65. The molecule has 2 N–H and O–H groups in total. The van der Waals surface area contributed by atoms with Crippen molar-refractivity contribution in [1.82, 2.24) is 0 Å². The standard InChI is InChI=1S/C14H11ClNO2/c15-12-6-10(9-16)7-13(8-12)18-14(17)11-4-2-1-3-5-11/h1-5,7-8H,9,16H2. The summed E-state index contributed by atoms with van der Waals surface area (Å²) in [4.78, 5) is 11.8. The van der Waals surface area contributed by atoms with Crippen molar-refractivity contribution in [2.45, 2.75) is 6.54 Å². The van der Waals surface area contributed by atoms with Crippen LogP contribution in [0.5, 0.6) is 5.75 Å². The first kappa shape index (κ1) is 12.6. The summed E-state index contributed by atoms with van der Waals surface area (Å²) in [6, 6.07) is 14.8. The minimum absolute atomic E-state index is 0.288. The summed E-state index contributed by atoms with van der Waals surface area (Å²) in [7, 11) is 0. The maximum absolute atomic E-state index is 11.8. The number of hydrogen-bond acceptors (Lipinski definition) is 3. The van der Waals surface area contributed by atoms with Crippen LogP contribution in [0.25, 0.3) is 0 Å². The van der Waals surface area contributed by atoms with Crippen LogP contribution in [0.3, 0.4) is 0 Å². The Morgan fingerprint density at radius 1 is 1.28 bits per heavy atom. The minimum atomic E-state index is -0.430. The van der Waals surface area contributed by atoms with E-state index in [4.69, 9.17) is 22.1 Å². The van der Waals surface area contributed by atoms with Crippen LogP contribution < -0.4 is 10.5 Å². The summed E-state index contributed by atoms with van der Waals surface area (Å²) in [6.45, 7) is 0.288. The van der Waals surface area contributed by atoms with E-state index in [0.717, 1.165) is 0 Å². The zero-order chi connectivity index (χ0) is 13.0. The van der Waals surface area contributed by atoms with Gasteiger partial charge in [-0.1, -0.05) is 29.8 Å². The summed E-state index contributed by atoms with van der Waals surface area (Å²) in [5.41, 5.74) is 6.67. The van der Waals surface area contributed by atoms with Gasteiger partial charge in [0.25, 0.3) is 0 Å². The Morgan fingerprint density at radius 3 is 2.67 bits per heavy atom. The van der Waals surface area contributed by atoms with E-state index in [0.29, 0.717) is 21.9 Å². The Bertz CT molecular complexity index is 555. The summed E-state index contributed by atoms with van der Waals surface area (Å²) >= 11 is 5.86. The molecule has 0 unspecified atom stereocenters. The smallest absolute Gasteiger partial charge is 0.343 e. The number of rotatable bonds is 3. The number of ether oxygens (including phenoxy) is 1. The van der Waals surface area contributed by atoms with Gasteiger partial charge in [-0.15, -0.1) is 0 Å². The van der Waals surface area contributed by atoms with E-state index >= 15 is 0 Å². The van der Waals surface area contributed by atoms with E-state index in [1.807, 2.05) is 6.07 Å². The summed E-state index contributed by atoms with van der Waals surface area (Å²) in [6.07, 6.45) is 0. The SMILES string of the molecule is NCc1[c]c(Cl)cc(OC(=O)c2ccccc2)c1. The molecular weight excluding hydrogens is 250 g/mol. The molecule has 0 aromatic heterocycles. The molecule has 2 aromatic rings. The molecule has 0 spiro atoms. The largest absolute Gasteiger partial charge is 0.423 e. The number of esters is 1. The molecule has 0 saturated carbocycles. The van der Waals surface area contributed by atoms with Crippen molar-refractivity contribution in [3.63, 3.8) is 0 Å². The Hall–Kier alpha value is -1.84. The van der Waals surface area contributed by atoms with Crippen LogP contribution in [0.1, 0.15) is 15.9 Å². The van der Waals surface area contributed by atoms with Crippen LogP contribution in [-0.2, 0) is 6.54 Å². The average Bonchev–Trinajstić information content (AvgIpc) is 2.39. The van der Waals surface area contributed by atoms with Gasteiger partial charge >= 0.3 is 5.97 Å². The highest BCUT2D eigenvalue weighted by Crippen LogP contribution is 2.21. The van der Waals surface area contributed by atoms with Crippen molar-refractivity contribution in [3.05, 3.63) is 64.7 Å². The third-order valence-corrected chi connectivity index (χ3v) is 2.51. The number of nitrogens with two attached hydrogens (primary N) is 1. The topological polar surface area (TPSA) is 52.3 Å². The van der Waals surface area contributed by atoms with Crippen molar-refractivity contribution in [2.75, 3.05) is 0 Å². The lowest BCUT2D eigenvalue weighted by Gasteiger charge is -2.06. The molecule has 3 nitrogen and oxygen atoms in total. The lowest BCUT2D eigenvalue weighted by molar-refractivity contribution is 0.0734. The Morgan fingerprint density at radius 2 is 2.00 bits per heavy atom. The Kier molecular flexibility index (Phi) is 3.97. The third-order valence-electron chi connectivity index (χ3n) is 2.31. The molecule has 18 heavy (non-hydrogen) atoms. The van der Waals surface area contributed by atoms with Gasteiger partial charge in [-0.2, -0.15) is 0 Å². The van der Waals surface area contributed by atoms with Gasteiger partial charge < -0.3 is 10.5 Å². The molecule has 91 valence electrons. The van der Waals surface area contributed by atoms with Crippen molar-refractivity contribution < 1.29 is 9.53 Å². The van der Waals surface area contributed by atoms with Gasteiger partial charge in [0.05, 0.1) is 10.6 Å². The zero-order valence-corrected chi connectivity index (χ0v) is 10.3. The summed E-state index contributed by atoms with van der Waals surface area (Å²) in [5.74, 6) is -0.0612.